The van der Waals surface area contributed by atoms with Crippen LogP contribution in [0.3, 0.4) is 0 Å². The number of hydrogen-bond acceptors (Lipinski definition) is 4. The number of nitrogens with one attached hydrogen (secondary N) is 1. The first-order chi connectivity index (χ1) is 13.3. The summed E-state index contributed by atoms with van der Waals surface area (Å²) in [4.78, 5) is 14.3. The molecule has 0 radical (unpaired) electrons. The van der Waals surface area contributed by atoms with E-state index in [9.17, 15) is 17.6 Å². The van der Waals surface area contributed by atoms with E-state index in [-0.39, 0.29) is 22.2 Å². The van der Waals surface area contributed by atoms with Crippen LogP contribution in [0.2, 0.25) is 0 Å². The number of hydrogen-bond donors (Lipinski definition) is 1. The Hall–Kier alpha value is -2.71. The highest BCUT2D eigenvalue weighted by Crippen LogP contribution is 2.30. The Balaban J connectivity index is 1.95. The summed E-state index contributed by atoms with van der Waals surface area (Å²) < 4.78 is 40.9. The molecule has 1 heterocycles. The van der Waals surface area contributed by atoms with Gasteiger partial charge in [0.15, 0.2) is 0 Å². The molecular formula is C20H22FN3O3S. The molecule has 8 heteroatoms. The number of benzene rings is 2. The summed E-state index contributed by atoms with van der Waals surface area (Å²) in [5.41, 5.74) is 0.644. The van der Waals surface area contributed by atoms with Gasteiger partial charge in [0.2, 0.25) is 15.7 Å². The number of rotatable bonds is 7. The number of likely N-dealkylation sites (N-methyl/N-ethyl adjacent to an activating group) is 1. The number of fused-ring (bicyclic) bond motifs is 1. The number of sulfone groups is 1. The zero-order chi connectivity index (χ0) is 20.3. The van der Waals surface area contributed by atoms with Crippen LogP contribution in [-0.2, 0) is 21.2 Å². The highest BCUT2D eigenvalue weighted by Gasteiger charge is 2.23. The second-order valence-corrected chi connectivity index (χ2v) is 8.67. The van der Waals surface area contributed by atoms with Gasteiger partial charge >= 0.3 is 0 Å². The molecule has 3 rings (SSSR count). The Bertz CT molecular complexity index is 1090. The molecule has 1 amide bonds. The van der Waals surface area contributed by atoms with Crippen molar-refractivity contribution < 1.29 is 17.6 Å². The molecule has 6 nitrogen and oxygen atoms in total. The topological polar surface area (TPSA) is 71.4 Å². The van der Waals surface area contributed by atoms with Crippen LogP contribution in [0.25, 0.3) is 10.9 Å². The average molecular weight is 403 g/mol. The van der Waals surface area contributed by atoms with Crippen LogP contribution in [0.4, 0.5) is 4.39 Å². The molecule has 1 N–H and O–H groups in total. The van der Waals surface area contributed by atoms with E-state index in [1.165, 1.54) is 18.3 Å². The maximum atomic E-state index is 13.2. The molecule has 2 aromatic carbocycles. The third-order valence-corrected chi connectivity index (χ3v) is 6.16. The molecule has 0 aliphatic heterocycles. The average Bonchev–Trinajstić information content (AvgIpc) is 3.01. The highest BCUT2D eigenvalue weighted by atomic mass is 32.2. The second-order valence-electron chi connectivity index (χ2n) is 6.75. The van der Waals surface area contributed by atoms with Crippen molar-refractivity contribution in [2.24, 2.45) is 0 Å². The van der Waals surface area contributed by atoms with E-state index in [4.69, 9.17) is 0 Å². The molecule has 0 atom stereocenters. The van der Waals surface area contributed by atoms with E-state index in [1.54, 1.807) is 28.8 Å². The fourth-order valence-corrected chi connectivity index (χ4v) is 4.40. The molecule has 3 aromatic rings. The molecule has 0 aliphatic rings. The minimum absolute atomic E-state index is 0.00670. The third kappa shape index (κ3) is 4.23. The Morgan fingerprint density at radius 1 is 1.11 bits per heavy atom. The van der Waals surface area contributed by atoms with Crippen LogP contribution < -0.4 is 5.32 Å². The van der Waals surface area contributed by atoms with Crippen LogP contribution in [0, 0.1) is 5.82 Å². The van der Waals surface area contributed by atoms with Gasteiger partial charge in [-0.3, -0.25) is 4.79 Å². The predicted molar refractivity (Wildman–Crippen MR) is 105 cm³/mol. The fourth-order valence-electron chi connectivity index (χ4n) is 2.93. The summed E-state index contributed by atoms with van der Waals surface area (Å²) in [6.45, 7) is 1.22. The van der Waals surface area contributed by atoms with Gasteiger partial charge in [0.05, 0.1) is 9.79 Å². The van der Waals surface area contributed by atoms with Crippen LogP contribution in [-0.4, -0.2) is 51.0 Å². The molecule has 148 valence electrons. The van der Waals surface area contributed by atoms with Gasteiger partial charge in [0.25, 0.3) is 0 Å². The number of carbonyl (C=O) groups excluding carboxylic acids is 1. The Morgan fingerprint density at radius 3 is 2.46 bits per heavy atom. The van der Waals surface area contributed by atoms with Gasteiger partial charge in [0.1, 0.15) is 12.4 Å². The van der Waals surface area contributed by atoms with E-state index in [2.05, 4.69) is 5.32 Å². The van der Waals surface area contributed by atoms with E-state index < -0.39 is 15.7 Å². The molecule has 0 bridgehead atoms. The van der Waals surface area contributed by atoms with Gasteiger partial charge in [0, 0.05) is 30.2 Å². The fraction of sp³-hybridized carbons (Fsp3) is 0.250. The molecule has 0 fully saturated rings. The summed E-state index contributed by atoms with van der Waals surface area (Å²) in [5, 5.41) is 3.34. The molecule has 0 unspecified atom stereocenters. The van der Waals surface area contributed by atoms with Crippen LogP contribution in [0.5, 0.6) is 0 Å². The number of amides is 1. The zero-order valence-corrected chi connectivity index (χ0v) is 16.5. The maximum Gasteiger partial charge on any atom is 0.239 e. The van der Waals surface area contributed by atoms with E-state index in [1.807, 2.05) is 19.0 Å². The molecule has 0 spiro atoms. The maximum absolute atomic E-state index is 13.2. The largest absolute Gasteiger partial charge is 0.353 e. The van der Waals surface area contributed by atoms with Crippen molar-refractivity contribution in [3.05, 3.63) is 60.5 Å². The smallest absolute Gasteiger partial charge is 0.239 e. The molecule has 0 aliphatic carbocycles. The van der Waals surface area contributed by atoms with Crippen LogP contribution in [0.1, 0.15) is 0 Å². The van der Waals surface area contributed by atoms with Crippen molar-refractivity contribution in [3.8, 4) is 0 Å². The van der Waals surface area contributed by atoms with Crippen molar-refractivity contribution in [2.45, 2.75) is 16.3 Å². The molecule has 28 heavy (non-hydrogen) atoms. The minimum Gasteiger partial charge on any atom is -0.353 e. The zero-order valence-electron chi connectivity index (χ0n) is 15.7. The lowest BCUT2D eigenvalue weighted by molar-refractivity contribution is -0.121. The number of carbonyl (C=O) groups is 1. The molecule has 0 saturated heterocycles. The van der Waals surface area contributed by atoms with Gasteiger partial charge in [-0.2, -0.15) is 0 Å². The SMILES string of the molecule is CN(C)CCNC(=O)Cn1cc(S(=O)(=O)c2ccc(F)cc2)c2ccccc21. The monoisotopic (exact) mass is 403 g/mol. The lowest BCUT2D eigenvalue weighted by atomic mass is 10.2. The molecular weight excluding hydrogens is 381 g/mol. The minimum atomic E-state index is -3.85. The Kier molecular flexibility index (Phi) is 5.81. The predicted octanol–water partition coefficient (Wildman–Crippen LogP) is 2.29. The molecule has 1 aromatic heterocycles. The van der Waals surface area contributed by atoms with Gasteiger partial charge < -0.3 is 14.8 Å². The van der Waals surface area contributed by atoms with E-state index in [0.717, 1.165) is 12.1 Å². The second kappa shape index (κ2) is 8.12. The standard InChI is InChI=1S/C20H22FN3O3S/c1-23(2)12-11-22-20(25)14-24-13-19(17-5-3-4-6-18(17)24)28(26,27)16-9-7-15(21)8-10-16/h3-10,13H,11-12,14H2,1-2H3,(H,22,25). The molecule has 0 saturated carbocycles. The number of aromatic nitrogens is 1. The van der Waals surface area contributed by atoms with Gasteiger partial charge in [-0.15, -0.1) is 0 Å². The first-order valence-corrected chi connectivity index (χ1v) is 10.3. The summed E-state index contributed by atoms with van der Waals surface area (Å²) in [6, 6.07) is 11.7. The van der Waals surface area contributed by atoms with E-state index in [0.29, 0.717) is 24.0 Å². The lowest BCUT2D eigenvalue weighted by Gasteiger charge is -2.11. The Labute approximate surface area is 163 Å². The van der Waals surface area contributed by atoms with Gasteiger partial charge in [-0.1, -0.05) is 18.2 Å². The third-order valence-electron chi connectivity index (χ3n) is 4.36. The van der Waals surface area contributed by atoms with Crippen molar-refractivity contribution in [1.82, 2.24) is 14.8 Å². The summed E-state index contributed by atoms with van der Waals surface area (Å²) >= 11 is 0. The summed E-state index contributed by atoms with van der Waals surface area (Å²) in [5.74, 6) is -0.705. The van der Waals surface area contributed by atoms with Crippen LogP contribution >= 0.6 is 0 Å². The summed E-state index contributed by atoms with van der Waals surface area (Å²) in [7, 11) is -0.0216. The quantitative estimate of drug-likeness (QED) is 0.615. The van der Waals surface area contributed by atoms with Crippen molar-refractivity contribution in [3.63, 3.8) is 0 Å². The van der Waals surface area contributed by atoms with Crippen molar-refractivity contribution in [2.75, 3.05) is 27.2 Å². The van der Waals surface area contributed by atoms with Gasteiger partial charge in [-0.25, -0.2) is 12.8 Å². The first-order valence-electron chi connectivity index (χ1n) is 8.79. The summed E-state index contributed by atoms with van der Waals surface area (Å²) in [6.07, 6.45) is 1.47. The van der Waals surface area contributed by atoms with Crippen molar-refractivity contribution in [1.29, 1.82) is 0 Å². The number of para-hydroxylation sites is 1. The van der Waals surface area contributed by atoms with Crippen LogP contribution in [0.15, 0.2) is 64.5 Å². The van der Waals surface area contributed by atoms with Gasteiger partial charge in [-0.05, 0) is 44.4 Å². The number of halogens is 1. The normalized spacial score (nSPS) is 11.9. The Morgan fingerprint density at radius 2 is 1.79 bits per heavy atom. The highest BCUT2D eigenvalue weighted by molar-refractivity contribution is 7.91. The lowest BCUT2D eigenvalue weighted by Crippen LogP contribution is -2.33. The first kappa shape index (κ1) is 20.0. The van der Waals surface area contributed by atoms with Crippen molar-refractivity contribution >= 4 is 26.6 Å². The van der Waals surface area contributed by atoms with E-state index >= 15 is 0 Å². The number of nitrogens with zero attached hydrogens (tertiary/aromatic N) is 2.